The van der Waals surface area contributed by atoms with Gasteiger partial charge in [0.15, 0.2) is 0 Å². The van der Waals surface area contributed by atoms with E-state index in [0.29, 0.717) is 6.54 Å². The Labute approximate surface area is 74.8 Å². The van der Waals surface area contributed by atoms with Gasteiger partial charge in [-0.2, -0.15) is 0 Å². The molecule has 0 heterocycles. The van der Waals surface area contributed by atoms with Crippen molar-refractivity contribution in [3.05, 3.63) is 0 Å². The first kappa shape index (κ1) is 11.6. The van der Waals surface area contributed by atoms with Gasteiger partial charge >= 0.3 is 8.72 Å². The lowest BCUT2D eigenvalue weighted by Gasteiger charge is -2.33. The Bertz CT molecular complexity index is 159. The first-order valence-corrected chi connectivity index (χ1v) is 6.16. The van der Waals surface area contributed by atoms with Crippen molar-refractivity contribution in [1.82, 2.24) is 4.57 Å². The molecule has 0 aromatic carbocycles. The van der Waals surface area contributed by atoms with Crippen LogP contribution >= 0.6 is 0 Å². The number of carbonyl (C=O) groups excluding carboxylic acids is 1. The molecule has 0 radical (unpaired) electrons. The number of rotatable bonds is 4. The van der Waals surface area contributed by atoms with Gasteiger partial charge in [-0.1, -0.05) is 0 Å². The highest BCUT2D eigenvalue weighted by atomic mass is 28.4. The fraction of sp³-hybridized carbons (Fsp3) is 0.857. The summed E-state index contributed by atoms with van der Waals surface area (Å²) in [6, 6.07) is 0. The van der Waals surface area contributed by atoms with Crippen molar-refractivity contribution >= 4 is 14.6 Å². The van der Waals surface area contributed by atoms with Crippen molar-refractivity contribution < 1.29 is 13.6 Å². The summed E-state index contributed by atoms with van der Waals surface area (Å²) in [5, 5.41) is 0. The van der Waals surface area contributed by atoms with E-state index in [-0.39, 0.29) is 5.91 Å². The van der Waals surface area contributed by atoms with Gasteiger partial charge in [0.2, 0.25) is 5.91 Å². The Morgan fingerprint density at radius 3 is 1.92 bits per heavy atom. The average Bonchev–Trinajstić information content (AvgIpc) is 2.04. The number of amides is 1. The molecule has 4 nitrogen and oxygen atoms in total. The van der Waals surface area contributed by atoms with Gasteiger partial charge in [-0.15, -0.1) is 0 Å². The van der Waals surface area contributed by atoms with Crippen LogP contribution in [0.1, 0.15) is 13.8 Å². The predicted octanol–water partition coefficient (Wildman–Crippen LogP) is 0.716. The SMILES string of the molecule is CCN(C(C)=O)[Si](C)(OC)OC. The molecule has 0 aromatic rings. The van der Waals surface area contributed by atoms with Crippen LogP contribution in [0.15, 0.2) is 0 Å². The molecule has 0 fully saturated rings. The molecule has 0 atom stereocenters. The fourth-order valence-electron chi connectivity index (χ4n) is 1.10. The van der Waals surface area contributed by atoms with Gasteiger partial charge in [-0.3, -0.25) is 4.79 Å². The second-order valence-electron chi connectivity index (χ2n) is 2.57. The van der Waals surface area contributed by atoms with Gasteiger partial charge in [0.25, 0.3) is 0 Å². The molecule has 0 N–H and O–H groups in total. The molecule has 0 aliphatic carbocycles. The fourth-order valence-corrected chi connectivity index (χ4v) is 2.85. The molecule has 0 bridgehead atoms. The molecule has 0 aliphatic rings. The highest BCUT2D eigenvalue weighted by Crippen LogP contribution is 2.11. The minimum Gasteiger partial charge on any atom is -0.382 e. The van der Waals surface area contributed by atoms with Crippen molar-refractivity contribution in [3.8, 4) is 0 Å². The lowest BCUT2D eigenvalue weighted by atomic mass is 10.6. The van der Waals surface area contributed by atoms with Gasteiger partial charge in [0.1, 0.15) is 0 Å². The maximum atomic E-state index is 11.1. The van der Waals surface area contributed by atoms with E-state index < -0.39 is 8.72 Å². The minimum absolute atomic E-state index is 0.00429. The third-order valence-corrected chi connectivity index (χ3v) is 5.07. The molecular weight excluding hydrogens is 174 g/mol. The lowest BCUT2D eigenvalue weighted by molar-refractivity contribution is -0.126. The van der Waals surface area contributed by atoms with E-state index in [9.17, 15) is 4.79 Å². The van der Waals surface area contributed by atoms with Gasteiger partial charge in [0.05, 0.1) is 0 Å². The first-order chi connectivity index (χ1) is 5.51. The zero-order valence-corrected chi connectivity index (χ0v) is 9.38. The largest absolute Gasteiger partial charge is 0.457 e. The lowest BCUT2D eigenvalue weighted by Crippen LogP contribution is -2.56. The highest BCUT2D eigenvalue weighted by Gasteiger charge is 2.38. The molecule has 0 rings (SSSR count). The highest BCUT2D eigenvalue weighted by molar-refractivity contribution is 6.65. The second-order valence-corrected chi connectivity index (χ2v) is 5.72. The van der Waals surface area contributed by atoms with E-state index in [4.69, 9.17) is 8.85 Å². The minimum atomic E-state index is -2.41. The Kier molecular flexibility index (Phi) is 4.44. The summed E-state index contributed by atoms with van der Waals surface area (Å²) in [6.07, 6.45) is 0. The molecule has 0 spiro atoms. The van der Waals surface area contributed by atoms with E-state index in [1.807, 2.05) is 13.5 Å². The summed E-state index contributed by atoms with van der Waals surface area (Å²) < 4.78 is 12.1. The average molecular weight is 191 g/mol. The molecule has 0 unspecified atom stereocenters. The van der Waals surface area contributed by atoms with Crippen LogP contribution < -0.4 is 0 Å². The monoisotopic (exact) mass is 191 g/mol. The van der Waals surface area contributed by atoms with Crippen LogP contribution in [0.5, 0.6) is 0 Å². The third kappa shape index (κ3) is 2.30. The van der Waals surface area contributed by atoms with Crippen molar-refractivity contribution in [2.45, 2.75) is 20.4 Å². The zero-order chi connectivity index (χ0) is 9.78. The maximum Gasteiger partial charge on any atom is 0.457 e. The molecule has 12 heavy (non-hydrogen) atoms. The van der Waals surface area contributed by atoms with E-state index in [2.05, 4.69) is 0 Å². The van der Waals surface area contributed by atoms with Crippen molar-refractivity contribution in [3.63, 3.8) is 0 Å². The van der Waals surface area contributed by atoms with Crippen LogP contribution in [0.25, 0.3) is 0 Å². The van der Waals surface area contributed by atoms with Gasteiger partial charge in [-0.05, 0) is 13.5 Å². The van der Waals surface area contributed by atoms with E-state index in [1.54, 1.807) is 18.8 Å². The Morgan fingerprint density at radius 2 is 1.83 bits per heavy atom. The number of carbonyl (C=O) groups is 1. The Hall–Kier alpha value is -0.393. The van der Waals surface area contributed by atoms with Crippen LogP contribution in [0.4, 0.5) is 0 Å². The Balaban J connectivity index is 4.54. The van der Waals surface area contributed by atoms with E-state index >= 15 is 0 Å². The predicted molar refractivity (Wildman–Crippen MR) is 48.7 cm³/mol. The summed E-state index contributed by atoms with van der Waals surface area (Å²) in [4.78, 5) is 11.1. The molecule has 72 valence electrons. The van der Waals surface area contributed by atoms with Crippen molar-refractivity contribution in [2.75, 3.05) is 20.8 Å². The van der Waals surface area contributed by atoms with Crippen LogP contribution in [-0.2, 0) is 13.6 Å². The molecule has 0 aliphatic heterocycles. The molecular formula is C7H17NO3Si. The quantitative estimate of drug-likeness (QED) is 0.615. The summed E-state index contributed by atoms with van der Waals surface area (Å²) in [6.45, 7) is 5.90. The first-order valence-electron chi connectivity index (χ1n) is 3.90. The molecule has 0 saturated heterocycles. The number of hydrogen-bond acceptors (Lipinski definition) is 3. The topological polar surface area (TPSA) is 38.8 Å². The standard InChI is InChI=1S/C7H17NO3Si/c1-6-8(7(2)9)12(5,10-3)11-4/h6H2,1-5H3. The Morgan fingerprint density at radius 1 is 1.42 bits per heavy atom. The zero-order valence-electron chi connectivity index (χ0n) is 8.38. The van der Waals surface area contributed by atoms with E-state index in [1.165, 1.54) is 6.92 Å². The van der Waals surface area contributed by atoms with Crippen LogP contribution in [0.3, 0.4) is 0 Å². The summed E-state index contributed by atoms with van der Waals surface area (Å²) in [7, 11) is 0.735. The summed E-state index contributed by atoms with van der Waals surface area (Å²) in [5.74, 6) is -0.00429. The number of hydrogen-bond donors (Lipinski definition) is 0. The van der Waals surface area contributed by atoms with Gasteiger partial charge < -0.3 is 13.4 Å². The molecule has 1 amide bonds. The van der Waals surface area contributed by atoms with Crippen molar-refractivity contribution in [2.24, 2.45) is 0 Å². The second kappa shape index (κ2) is 4.59. The molecule has 0 aromatic heterocycles. The molecule has 5 heteroatoms. The van der Waals surface area contributed by atoms with E-state index in [0.717, 1.165) is 0 Å². The maximum absolute atomic E-state index is 11.1. The normalized spacial score (nSPS) is 11.4. The summed E-state index contributed by atoms with van der Waals surface area (Å²) in [5.41, 5.74) is 0. The van der Waals surface area contributed by atoms with Crippen LogP contribution in [0, 0.1) is 0 Å². The van der Waals surface area contributed by atoms with Crippen molar-refractivity contribution in [1.29, 1.82) is 0 Å². The summed E-state index contributed by atoms with van der Waals surface area (Å²) >= 11 is 0. The van der Waals surface area contributed by atoms with Crippen LogP contribution in [-0.4, -0.2) is 40.0 Å². The number of nitrogens with zero attached hydrogens (tertiary/aromatic N) is 1. The van der Waals surface area contributed by atoms with Gasteiger partial charge in [-0.25, -0.2) is 0 Å². The third-order valence-electron chi connectivity index (χ3n) is 1.94. The van der Waals surface area contributed by atoms with Gasteiger partial charge in [0, 0.05) is 27.7 Å². The smallest absolute Gasteiger partial charge is 0.382 e. The van der Waals surface area contributed by atoms with Crippen LogP contribution in [0.2, 0.25) is 6.55 Å². The molecule has 0 saturated carbocycles.